The molecule has 2 fully saturated rings. The van der Waals surface area contributed by atoms with E-state index in [0.29, 0.717) is 18.1 Å². The van der Waals surface area contributed by atoms with Crippen molar-refractivity contribution >= 4 is 5.91 Å². The second-order valence-corrected chi connectivity index (χ2v) is 9.42. The second-order valence-electron chi connectivity index (χ2n) is 9.42. The Hall–Kier alpha value is -2.01. The van der Waals surface area contributed by atoms with E-state index in [1.54, 1.807) is 7.11 Å². The van der Waals surface area contributed by atoms with Crippen LogP contribution in [-0.2, 0) is 9.53 Å². The van der Waals surface area contributed by atoms with E-state index in [1.165, 1.54) is 29.5 Å². The van der Waals surface area contributed by atoms with E-state index in [-0.39, 0.29) is 24.0 Å². The maximum atomic E-state index is 12.8. The zero-order valence-corrected chi connectivity index (χ0v) is 19.2. The number of nitrogens with zero attached hydrogens (tertiary/aromatic N) is 1. The Morgan fingerprint density at radius 2 is 1.83 bits per heavy atom. The van der Waals surface area contributed by atoms with Crippen molar-refractivity contribution in [2.45, 2.75) is 90.6 Å². The monoisotopic (exact) mass is 412 g/mol. The molecule has 3 heterocycles. The van der Waals surface area contributed by atoms with Gasteiger partial charge in [-0.25, -0.2) is 0 Å². The Morgan fingerprint density at radius 3 is 2.40 bits per heavy atom. The number of carbonyl (C=O) groups is 1. The molecule has 5 atom stereocenters. The number of amides is 1. The molecule has 2 saturated heterocycles. The van der Waals surface area contributed by atoms with Crippen LogP contribution in [0.15, 0.2) is 24.0 Å². The van der Waals surface area contributed by atoms with Crippen molar-refractivity contribution in [2.24, 2.45) is 5.92 Å². The molecule has 5 nitrogen and oxygen atoms in total. The molecule has 5 unspecified atom stereocenters. The molecule has 0 spiro atoms. The summed E-state index contributed by atoms with van der Waals surface area (Å²) in [6.07, 6.45) is 6.40. The van der Waals surface area contributed by atoms with Crippen LogP contribution < -0.4 is 10.1 Å². The molecule has 0 aliphatic carbocycles. The van der Waals surface area contributed by atoms with E-state index in [9.17, 15) is 4.79 Å². The fourth-order valence-electron chi connectivity index (χ4n) is 6.00. The summed E-state index contributed by atoms with van der Waals surface area (Å²) >= 11 is 0. The molecular formula is C25H36N2O3. The quantitative estimate of drug-likeness (QED) is 0.778. The minimum atomic E-state index is -0.162. The van der Waals surface area contributed by atoms with Crippen LogP contribution in [0.5, 0.6) is 5.75 Å². The van der Waals surface area contributed by atoms with Crippen molar-refractivity contribution in [2.75, 3.05) is 7.11 Å². The Morgan fingerprint density at radius 1 is 1.17 bits per heavy atom. The normalized spacial score (nSPS) is 31.8. The zero-order chi connectivity index (χ0) is 21.6. The first-order chi connectivity index (χ1) is 14.3. The molecule has 1 aromatic rings. The van der Waals surface area contributed by atoms with Crippen LogP contribution >= 0.6 is 0 Å². The highest BCUT2D eigenvalue weighted by atomic mass is 16.5. The highest BCUT2D eigenvalue weighted by Gasteiger charge is 2.44. The van der Waals surface area contributed by atoms with E-state index in [2.05, 4.69) is 43.1 Å². The summed E-state index contributed by atoms with van der Waals surface area (Å²) in [4.78, 5) is 15.5. The summed E-state index contributed by atoms with van der Waals surface area (Å²) in [5.41, 5.74) is 3.95. The SMILES string of the molecule is COc1ccc(C(C)N2C3CCC2CC(NC(=O)C2C=C(C)OC2C)C3)c(C)c1C. The van der Waals surface area contributed by atoms with Crippen molar-refractivity contribution in [3.63, 3.8) is 0 Å². The second kappa shape index (κ2) is 8.26. The minimum Gasteiger partial charge on any atom is -0.496 e. The summed E-state index contributed by atoms with van der Waals surface area (Å²) < 4.78 is 11.2. The first-order valence-corrected chi connectivity index (χ1v) is 11.4. The molecular weight excluding hydrogens is 376 g/mol. The molecule has 30 heavy (non-hydrogen) atoms. The Labute approximate surface area is 180 Å². The molecule has 5 heteroatoms. The Kier molecular flexibility index (Phi) is 5.84. The maximum Gasteiger partial charge on any atom is 0.231 e. The summed E-state index contributed by atoms with van der Waals surface area (Å²) in [5, 5.41) is 3.34. The molecule has 3 aliphatic rings. The number of ether oxygens (including phenoxy) is 2. The van der Waals surface area contributed by atoms with Gasteiger partial charge in [-0.3, -0.25) is 9.69 Å². The van der Waals surface area contributed by atoms with Crippen LogP contribution in [0.3, 0.4) is 0 Å². The number of rotatable bonds is 5. The van der Waals surface area contributed by atoms with Gasteiger partial charge in [0.05, 0.1) is 18.8 Å². The Balaban J connectivity index is 1.44. The van der Waals surface area contributed by atoms with Crippen LogP contribution in [0.4, 0.5) is 0 Å². The third-order valence-corrected chi connectivity index (χ3v) is 7.63. The van der Waals surface area contributed by atoms with Crippen LogP contribution in [0.2, 0.25) is 0 Å². The van der Waals surface area contributed by atoms with Crippen LogP contribution in [0.25, 0.3) is 0 Å². The molecule has 1 N–H and O–H groups in total. The van der Waals surface area contributed by atoms with Gasteiger partial charge in [-0.05, 0) is 89.1 Å². The lowest BCUT2D eigenvalue weighted by atomic mass is 9.90. The van der Waals surface area contributed by atoms with Crippen molar-refractivity contribution < 1.29 is 14.3 Å². The van der Waals surface area contributed by atoms with Gasteiger partial charge in [-0.1, -0.05) is 6.07 Å². The summed E-state index contributed by atoms with van der Waals surface area (Å²) in [5.74, 6) is 1.77. The lowest BCUT2D eigenvalue weighted by Gasteiger charge is -2.43. The number of hydrogen-bond acceptors (Lipinski definition) is 4. The van der Waals surface area contributed by atoms with E-state index < -0.39 is 0 Å². The van der Waals surface area contributed by atoms with Gasteiger partial charge in [0.2, 0.25) is 5.91 Å². The summed E-state index contributed by atoms with van der Waals surface area (Å²) in [7, 11) is 1.74. The number of piperidine rings is 1. The molecule has 0 aromatic heterocycles. The molecule has 0 saturated carbocycles. The zero-order valence-electron chi connectivity index (χ0n) is 19.2. The van der Waals surface area contributed by atoms with Gasteiger partial charge in [0.25, 0.3) is 0 Å². The van der Waals surface area contributed by atoms with Crippen LogP contribution in [0.1, 0.15) is 69.2 Å². The standard InChI is InChI=1S/C25H36N2O3/c1-14-11-23(18(5)30-14)25(28)26-19-12-20-7-8-21(13-19)27(20)17(4)22-9-10-24(29-6)16(3)15(22)2/h9-11,17-21,23H,7-8,12-13H2,1-6H3,(H,26,28). The van der Waals surface area contributed by atoms with E-state index in [4.69, 9.17) is 9.47 Å². The van der Waals surface area contributed by atoms with Crippen molar-refractivity contribution in [1.82, 2.24) is 10.2 Å². The lowest BCUT2D eigenvalue weighted by molar-refractivity contribution is -0.126. The summed E-state index contributed by atoms with van der Waals surface area (Å²) in [6, 6.07) is 6.02. The maximum absolute atomic E-state index is 12.8. The fraction of sp³-hybridized carbons (Fsp3) is 0.640. The molecule has 4 rings (SSSR count). The largest absolute Gasteiger partial charge is 0.496 e. The van der Waals surface area contributed by atoms with Gasteiger partial charge in [0.1, 0.15) is 11.9 Å². The van der Waals surface area contributed by atoms with E-state index >= 15 is 0 Å². The third kappa shape index (κ3) is 3.73. The van der Waals surface area contributed by atoms with Gasteiger partial charge < -0.3 is 14.8 Å². The highest BCUT2D eigenvalue weighted by Crippen LogP contribution is 2.43. The Bertz CT molecular complexity index is 835. The fourth-order valence-corrected chi connectivity index (χ4v) is 6.00. The number of hydrogen-bond donors (Lipinski definition) is 1. The predicted molar refractivity (Wildman–Crippen MR) is 118 cm³/mol. The molecule has 1 amide bonds. The number of methoxy groups -OCH3 is 1. The topological polar surface area (TPSA) is 50.8 Å². The predicted octanol–water partition coefficient (Wildman–Crippen LogP) is 4.42. The first-order valence-electron chi connectivity index (χ1n) is 11.4. The van der Waals surface area contributed by atoms with E-state index in [1.807, 2.05) is 19.9 Å². The third-order valence-electron chi connectivity index (χ3n) is 7.63. The smallest absolute Gasteiger partial charge is 0.231 e. The molecule has 164 valence electrons. The molecule has 3 aliphatic heterocycles. The van der Waals surface area contributed by atoms with Crippen molar-refractivity contribution in [3.05, 3.63) is 40.7 Å². The van der Waals surface area contributed by atoms with E-state index in [0.717, 1.165) is 24.4 Å². The van der Waals surface area contributed by atoms with Gasteiger partial charge in [-0.15, -0.1) is 0 Å². The van der Waals surface area contributed by atoms with Crippen LogP contribution in [-0.4, -0.2) is 42.1 Å². The van der Waals surface area contributed by atoms with Crippen LogP contribution in [0, 0.1) is 19.8 Å². The number of allylic oxidation sites excluding steroid dienone is 1. The molecule has 2 bridgehead atoms. The van der Waals surface area contributed by atoms with Gasteiger partial charge in [0, 0.05) is 24.2 Å². The van der Waals surface area contributed by atoms with Gasteiger partial charge in [-0.2, -0.15) is 0 Å². The van der Waals surface area contributed by atoms with Gasteiger partial charge >= 0.3 is 0 Å². The number of benzene rings is 1. The molecule has 0 radical (unpaired) electrons. The number of nitrogens with one attached hydrogen (secondary N) is 1. The number of fused-ring (bicyclic) bond motifs is 2. The van der Waals surface area contributed by atoms with Crippen molar-refractivity contribution in [3.8, 4) is 5.75 Å². The molecule has 1 aromatic carbocycles. The van der Waals surface area contributed by atoms with Gasteiger partial charge in [0.15, 0.2) is 0 Å². The first kappa shape index (κ1) is 21.2. The van der Waals surface area contributed by atoms with Crippen molar-refractivity contribution in [1.29, 1.82) is 0 Å². The number of carbonyl (C=O) groups excluding carboxylic acids is 1. The highest BCUT2D eigenvalue weighted by molar-refractivity contribution is 5.81. The summed E-state index contributed by atoms with van der Waals surface area (Å²) in [6.45, 7) is 10.6. The average molecular weight is 413 g/mol. The minimum absolute atomic E-state index is 0.0666. The average Bonchev–Trinajstić information content (AvgIpc) is 3.18. The lowest BCUT2D eigenvalue weighted by Crippen LogP contribution is -2.52.